The lowest BCUT2D eigenvalue weighted by molar-refractivity contribution is -0.115. The number of aromatic amines is 1. The van der Waals surface area contributed by atoms with E-state index in [9.17, 15) is 9.59 Å². The number of aryl methyl sites for hydroxylation is 1. The number of carbonyl (C=O) groups is 1. The number of hydrogen-bond donors (Lipinski definition) is 2. The molecule has 0 aliphatic heterocycles. The van der Waals surface area contributed by atoms with Crippen molar-refractivity contribution in [1.82, 2.24) is 9.97 Å². The maximum atomic E-state index is 12.8. The van der Waals surface area contributed by atoms with Crippen LogP contribution in [0.2, 0.25) is 0 Å². The highest BCUT2D eigenvalue weighted by Gasteiger charge is 2.17. The van der Waals surface area contributed by atoms with Crippen LogP contribution in [0.5, 0.6) is 0 Å². The van der Waals surface area contributed by atoms with Crippen LogP contribution in [0.1, 0.15) is 25.2 Å². The second-order valence-electron chi connectivity index (χ2n) is 7.16. The van der Waals surface area contributed by atoms with E-state index in [1.165, 1.54) is 23.1 Å². The highest BCUT2D eigenvalue weighted by Crippen LogP contribution is 2.31. The lowest BCUT2D eigenvalue weighted by atomic mass is 10.1. The lowest BCUT2D eigenvalue weighted by Crippen LogP contribution is -2.23. The van der Waals surface area contributed by atoms with Gasteiger partial charge < -0.3 is 10.3 Å². The van der Waals surface area contributed by atoms with E-state index in [4.69, 9.17) is 0 Å². The number of carbonyl (C=O) groups excluding carboxylic acids is 1. The molecular formula is C24H23N3O2S2. The van der Waals surface area contributed by atoms with Crippen LogP contribution in [-0.2, 0) is 17.0 Å². The maximum Gasteiger partial charge on any atom is 0.260 e. The molecule has 0 spiro atoms. The van der Waals surface area contributed by atoms with Crippen molar-refractivity contribution < 1.29 is 4.79 Å². The molecule has 4 rings (SSSR count). The number of amides is 1. The predicted octanol–water partition coefficient (Wildman–Crippen LogP) is 5.47. The van der Waals surface area contributed by atoms with E-state index in [2.05, 4.69) is 22.2 Å². The third-order valence-electron chi connectivity index (χ3n) is 5.07. The van der Waals surface area contributed by atoms with E-state index in [0.717, 1.165) is 28.8 Å². The normalized spacial score (nSPS) is 12.1. The first-order valence-electron chi connectivity index (χ1n) is 10.1. The zero-order valence-corrected chi connectivity index (χ0v) is 19.0. The van der Waals surface area contributed by atoms with Gasteiger partial charge in [0.25, 0.3) is 5.56 Å². The van der Waals surface area contributed by atoms with E-state index in [-0.39, 0.29) is 16.7 Å². The molecule has 4 aromatic rings. The van der Waals surface area contributed by atoms with Gasteiger partial charge in [-0.05, 0) is 30.5 Å². The Morgan fingerprint density at radius 3 is 2.68 bits per heavy atom. The van der Waals surface area contributed by atoms with Crippen LogP contribution in [0.3, 0.4) is 0 Å². The van der Waals surface area contributed by atoms with Crippen molar-refractivity contribution in [2.24, 2.45) is 0 Å². The van der Waals surface area contributed by atoms with Crippen molar-refractivity contribution in [2.75, 3.05) is 5.32 Å². The summed E-state index contributed by atoms with van der Waals surface area (Å²) in [5, 5.41) is 5.32. The molecule has 2 aromatic heterocycles. The molecule has 0 bridgehead atoms. The van der Waals surface area contributed by atoms with Crippen molar-refractivity contribution in [3.8, 4) is 11.1 Å². The van der Waals surface area contributed by atoms with Gasteiger partial charge in [0, 0.05) is 16.6 Å². The third-order valence-corrected chi connectivity index (χ3v) is 7.10. The Kier molecular flexibility index (Phi) is 6.53. The molecule has 158 valence electrons. The molecular weight excluding hydrogens is 426 g/mol. The van der Waals surface area contributed by atoms with E-state index in [0.29, 0.717) is 21.8 Å². The zero-order valence-electron chi connectivity index (χ0n) is 17.3. The summed E-state index contributed by atoms with van der Waals surface area (Å²) in [5.74, 6) is 0.975. The van der Waals surface area contributed by atoms with E-state index >= 15 is 0 Å². The summed E-state index contributed by atoms with van der Waals surface area (Å²) in [5.41, 5.74) is 3.71. The fourth-order valence-corrected chi connectivity index (χ4v) is 5.08. The first-order valence-corrected chi connectivity index (χ1v) is 12.1. The van der Waals surface area contributed by atoms with Gasteiger partial charge in [0.15, 0.2) is 0 Å². The number of anilines is 1. The van der Waals surface area contributed by atoms with E-state index in [1.807, 2.05) is 66.9 Å². The summed E-state index contributed by atoms with van der Waals surface area (Å²) in [6, 6.07) is 17.7. The van der Waals surface area contributed by atoms with Gasteiger partial charge >= 0.3 is 0 Å². The largest absolute Gasteiger partial charge is 0.325 e. The minimum Gasteiger partial charge on any atom is -0.325 e. The van der Waals surface area contributed by atoms with Crippen molar-refractivity contribution in [3.05, 3.63) is 81.7 Å². The molecule has 2 aromatic carbocycles. The summed E-state index contributed by atoms with van der Waals surface area (Å²) >= 11 is 2.91. The minimum absolute atomic E-state index is 0.0585. The molecule has 0 aliphatic rings. The summed E-state index contributed by atoms with van der Waals surface area (Å²) in [6.45, 7) is 3.93. The van der Waals surface area contributed by atoms with E-state index in [1.54, 1.807) is 0 Å². The summed E-state index contributed by atoms with van der Waals surface area (Å²) in [7, 11) is 0. The lowest BCUT2D eigenvalue weighted by Gasteiger charge is -2.14. The van der Waals surface area contributed by atoms with Crippen molar-refractivity contribution >= 4 is 44.9 Å². The average molecular weight is 450 g/mol. The maximum absolute atomic E-state index is 12.8. The molecule has 2 heterocycles. The molecule has 0 fully saturated rings. The summed E-state index contributed by atoms with van der Waals surface area (Å²) < 4.78 is 0. The summed E-state index contributed by atoms with van der Waals surface area (Å²) in [6.07, 6.45) is 0.856. The number of benzene rings is 2. The van der Waals surface area contributed by atoms with Crippen LogP contribution >= 0.6 is 23.1 Å². The van der Waals surface area contributed by atoms with Gasteiger partial charge in [-0.2, -0.15) is 0 Å². The van der Waals surface area contributed by atoms with Crippen LogP contribution in [0.4, 0.5) is 5.69 Å². The number of para-hydroxylation sites is 1. The Labute approximate surface area is 188 Å². The standard InChI is InChI=1S/C24H23N3O2S2/c1-3-16-9-7-8-12-19(16)25-22(28)15(2)30-14-20-26-23(29)21-18(13-31-24(21)27-20)17-10-5-4-6-11-17/h4-13,15H,3,14H2,1-2H3,(H,25,28)(H,26,27,29). The number of hydrogen-bond acceptors (Lipinski definition) is 5. The Balaban J connectivity index is 1.46. The molecule has 0 saturated carbocycles. The number of H-pyrrole nitrogens is 1. The van der Waals surface area contributed by atoms with Crippen LogP contribution in [0.25, 0.3) is 21.3 Å². The fourth-order valence-electron chi connectivity index (χ4n) is 3.36. The van der Waals surface area contributed by atoms with Crippen molar-refractivity contribution in [2.45, 2.75) is 31.3 Å². The molecule has 1 unspecified atom stereocenters. The quantitative estimate of drug-likeness (QED) is 0.392. The Hall–Kier alpha value is -2.90. The number of nitrogens with one attached hydrogen (secondary N) is 2. The molecule has 2 N–H and O–H groups in total. The second-order valence-corrected chi connectivity index (χ2v) is 9.35. The second kappa shape index (κ2) is 9.49. The third kappa shape index (κ3) is 4.73. The van der Waals surface area contributed by atoms with Gasteiger partial charge in [0.2, 0.25) is 5.91 Å². The van der Waals surface area contributed by atoms with Crippen molar-refractivity contribution in [1.29, 1.82) is 0 Å². The number of thiophene rings is 1. The molecule has 7 heteroatoms. The van der Waals surface area contributed by atoms with Crippen molar-refractivity contribution in [3.63, 3.8) is 0 Å². The topological polar surface area (TPSA) is 74.8 Å². The molecule has 5 nitrogen and oxygen atoms in total. The van der Waals surface area contributed by atoms with Crippen LogP contribution in [-0.4, -0.2) is 21.1 Å². The number of nitrogens with zero attached hydrogens (tertiary/aromatic N) is 1. The SMILES string of the molecule is CCc1ccccc1NC(=O)C(C)SCc1nc2scc(-c3ccccc3)c2c(=O)[nH]1. The van der Waals surface area contributed by atoms with Crippen LogP contribution in [0.15, 0.2) is 64.8 Å². The summed E-state index contributed by atoms with van der Waals surface area (Å²) in [4.78, 5) is 33.6. The van der Waals surface area contributed by atoms with Gasteiger partial charge in [-0.15, -0.1) is 23.1 Å². The van der Waals surface area contributed by atoms with Crippen LogP contribution < -0.4 is 10.9 Å². The molecule has 0 saturated heterocycles. The predicted molar refractivity (Wildman–Crippen MR) is 131 cm³/mol. The van der Waals surface area contributed by atoms with Gasteiger partial charge in [-0.3, -0.25) is 9.59 Å². The first kappa shape index (κ1) is 21.3. The average Bonchev–Trinajstić information content (AvgIpc) is 3.23. The Morgan fingerprint density at radius 2 is 1.90 bits per heavy atom. The fraction of sp³-hybridized carbons (Fsp3) is 0.208. The smallest absolute Gasteiger partial charge is 0.260 e. The zero-order chi connectivity index (χ0) is 21.8. The molecule has 0 aliphatic carbocycles. The molecule has 0 radical (unpaired) electrons. The number of rotatable bonds is 7. The number of thioether (sulfide) groups is 1. The van der Waals surface area contributed by atoms with Gasteiger partial charge in [-0.25, -0.2) is 4.98 Å². The molecule has 1 atom stereocenters. The van der Waals surface area contributed by atoms with Gasteiger partial charge in [0.05, 0.1) is 16.4 Å². The highest BCUT2D eigenvalue weighted by molar-refractivity contribution is 7.99. The number of fused-ring (bicyclic) bond motifs is 1. The highest BCUT2D eigenvalue weighted by atomic mass is 32.2. The first-order chi connectivity index (χ1) is 15.1. The monoisotopic (exact) mass is 449 g/mol. The Morgan fingerprint density at radius 1 is 1.16 bits per heavy atom. The van der Waals surface area contributed by atoms with Gasteiger partial charge in [-0.1, -0.05) is 55.5 Å². The molecule has 31 heavy (non-hydrogen) atoms. The van der Waals surface area contributed by atoms with E-state index < -0.39 is 0 Å². The van der Waals surface area contributed by atoms with Gasteiger partial charge in [0.1, 0.15) is 10.7 Å². The number of aromatic nitrogens is 2. The minimum atomic E-state index is -0.283. The molecule has 1 amide bonds. The Bertz CT molecular complexity index is 1260. The van der Waals surface area contributed by atoms with Crippen LogP contribution in [0, 0.1) is 0 Å².